The number of hydrogen-bond donors (Lipinski definition) is 2. The molecular weight excluding hydrogens is 459 g/mol. The van der Waals surface area contributed by atoms with Crippen molar-refractivity contribution in [2.75, 3.05) is 54.1 Å². The van der Waals surface area contributed by atoms with E-state index in [-0.39, 0.29) is 36.4 Å². The number of nitrogens with one attached hydrogen (secondary N) is 2. The first-order valence-electron chi connectivity index (χ1n) is 9.02. The third kappa shape index (κ3) is 8.34. The zero-order valence-electron chi connectivity index (χ0n) is 16.4. The minimum Gasteiger partial charge on any atom is -0.496 e. The molecular formula is C19H31IN4O3. The molecule has 2 N–H and O–H groups in total. The number of nitrogens with zero attached hydrogens (tertiary/aromatic N) is 2. The van der Waals surface area contributed by atoms with E-state index in [1.807, 2.05) is 18.2 Å². The average Bonchev–Trinajstić information content (AvgIpc) is 3.17. The summed E-state index contributed by atoms with van der Waals surface area (Å²) >= 11 is 0. The number of benzene rings is 1. The van der Waals surface area contributed by atoms with Crippen molar-refractivity contribution >= 4 is 35.8 Å². The Labute approximate surface area is 178 Å². The zero-order chi connectivity index (χ0) is 18.8. The van der Waals surface area contributed by atoms with Gasteiger partial charge in [0.15, 0.2) is 5.96 Å². The van der Waals surface area contributed by atoms with E-state index in [1.165, 1.54) is 0 Å². The van der Waals surface area contributed by atoms with Crippen molar-refractivity contribution in [3.05, 3.63) is 29.8 Å². The first-order chi connectivity index (χ1) is 12.6. The number of aliphatic imine (C=N–C) groups is 1. The zero-order valence-corrected chi connectivity index (χ0v) is 18.7. The Bertz CT molecular complexity index is 604. The van der Waals surface area contributed by atoms with Crippen LogP contribution in [0.2, 0.25) is 0 Å². The van der Waals surface area contributed by atoms with Gasteiger partial charge in [-0.2, -0.15) is 0 Å². The van der Waals surface area contributed by atoms with Crippen molar-refractivity contribution in [1.82, 2.24) is 15.5 Å². The van der Waals surface area contributed by atoms with E-state index < -0.39 is 0 Å². The Balaban J connectivity index is 0.00000364. The summed E-state index contributed by atoms with van der Waals surface area (Å²) in [4.78, 5) is 17.8. The summed E-state index contributed by atoms with van der Waals surface area (Å²) in [5.41, 5.74) is 1.13. The first-order valence-corrected chi connectivity index (χ1v) is 9.02. The van der Waals surface area contributed by atoms with Gasteiger partial charge in [-0.05, 0) is 24.5 Å². The number of halogens is 1. The summed E-state index contributed by atoms with van der Waals surface area (Å²) in [5.74, 6) is 1.99. The van der Waals surface area contributed by atoms with Crippen LogP contribution in [0.4, 0.5) is 0 Å². The van der Waals surface area contributed by atoms with Gasteiger partial charge in [-0.1, -0.05) is 18.2 Å². The predicted molar refractivity (Wildman–Crippen MR) is 118 cm³/mol. The fourth-order valence-electron chi connectivity index (χ4n) is 2.67. The summed E-state index contributed by atoms with van der Waals surface area (Å²) in [6.07, 6.45) is 1.86. The van der Waals surface area contributed by atoms with Crippen LogP contribution in [0.5, 0.6) is 5.75 Å². The Morgan fingerprint density at radius 2 is 2.11 bits per heavy atom. The van der Waals surface area contributed by atoms with Crippen LogP contribution in [0.25, 0.3) is 0 Å². The second kappa shape index (κ2) is 12.8. The molecule has 1 fully saturated rings. The molecule has 0 aliphatic carbocycles. The molecule has 1 aliphatic rings. The fraction of sp³-hybridized carbons (Fsp3) is 0.579. The highest BCUT2D eigenvalue weighted by atomic mass is 127. The van der Waals surface area contributed by atoms with E-state index in [4.69, 9.17) is 9.47 Å². The van der Waals surface area contributed by atoms with Gasteiger partial charge in [-0.3, -0.25) is 4.79 Å². The highest BCUT2D eigenvalue weighted by Crippen LogP contribution is 2.17. The monoisotopic (exact) mass is 490 g/mol. The largest absolute Gasteiger partial charge is 0.496 e. The molecule has 0 aromatic heterocycles. The minimum atomic E-state index is -0.0278. The highest BCUT2D eigenvalue weighted by Gasteiger charge is 2.16. The van der Waals surface area contributed by atoms with Gasteiger partial charge < -0.3 is 25.0 Å². The van der Waals surface area contributed by atoms with E-state index in [1.54, 1.807) is 26.1 Å². The Kier molecular flexibility index (Phi) is 11.1. The molecule has 1 aliphatic heterocycles. The van der Waals surface area contributed by atoms with Gasteiger partial charge in [-0.25, -0.2) is 4.99 Å². The molecule has 2 rings (SSSR count). The van der Waals surface area contributed by atoms with Crippen molar-refractivity contribution in [2.24, 2.45) is 10.9 Å². The summed E-state index contributed by atoms with van der Waals surface area (Å²) in [7, 11) is 5.14. The lowest BCUT2D eigenvalue weighted by Gasteiger charge is -2.16. The Hall–Kier alpha value is -1.55. The van der Waals surface area contributed by atoms with Crippen LogP contribution in [0.3, 0.4) is 0 Å². The van der Waals surface area contributed by atoms with E-state index in [9.17, 15) is 4.79 Å². The van der Waals surface area contributed by atoms with Crippen molar-refractivity contribution in [1.29, 1.82) is 0 Å². The van der Waals surface area contributed by atoms with Gasteiger partial charge in [-0.15, -0.1) is 24.0 Å². The van der Waals surface area contributed by atoms with Gasteiger partial charge in [0.1, 0.15) is 12.3 Å². The molecule has 1 atom stereocenters. The number of hydrogen-bond acceptors (Lipinski definition) is 4. The standard InChI is InChI=1S/C19H30N4O3.HI/c1-23(2)18(24)13-22-19(21-12-15-9-11-26-14-15)20-10-8-16-6-4-5-7-17(16)25-3;/h4-7,15H,8-14H2,1-3H3,(H2,20,21,22);1H. The lowest BCUT2D eigenvalue weighted by molar-refractivity contribution is -0.127. The molecule has 1 unspecified atom stereocenters. The maximum atomic E-state index is 11.8. The van der Waals surface area contributed by atoms with Crippen molar-refractivity contribution in [3.63, 3.8) is 0 Å². The molecule has 1 saturated heterocycles. The number of amides is 1. The second-order valence-corrected chi connectivity index (χ2v) is 6.55. The molecule has 27 heavy (non-hydrogen) atoms. The van der Waals surface area contributed by atoms with Crippen LogP contribution in [0.15, 0.2) is 29.3 Å². The van der Waals surface area contributed by atoms with Gasteiger partial charge in [0.25, 0.3) is 0 Å². The van der Waals surface area contributed by atoms with Crippen LogP contribution >= 0.6 is 24.0 Å². The van der Waals surface area contributed by atoms with Gasteiger partial charge >= 0.3 is 0 Å². The van der Waals surface area contributed by atoms with Gasteiger partial charge in [0.05, 0.1) is 13.7 Å². The number of carbonyl (C=O) groups is 1. The number of carbonyl (C=O) groups excluding carboxylic acids is 1. The molecule has 1 aromatic carbocycles. The van der Waals surface area contributed by atoms with Crippen LogP contribution in [-0.4, -0.2) is 70.8 Å². The van der Waals surface area contributed by atoms with E-state index in [2.05, 4.69) is 21.7 Å². The Morgan fingerprint density at radius 1 is 1.33 bits per heavy atom. The molecule has 1 heterocycles. The highest BCUT2D eigenvalue weighted by molar-refractivity contribution is 14.0. The van der Waals surface area contributed by atoms with Crippen LogP contribution < -0.4 is 15.4 Å². The van der Waals surface area contributed by atoms with Gasteiger partial charge in [0.2, 0.25) is 5.91 Å². The van der Waals surface area contributed by atoms with Crippen molar-refractivity contribution in [2.45, 2.75) is 12.8 Å². The topological polar surface area (TPSA) is 75.2 Å². The number of guanidine groups is 1. The van der Waals surface area contributed by atoms with Crippen LogP contribution in [0.1, 0.15) is 12.0 Å². The third-order valence-corrected chi connectivity index (χ3v) is 4.33. The quantitative estimate of drug-likeness (QED) is 0.329. The number of para-hydroxylation sites is 1. The smallest absolute Gasteiger partial charge is 0.243 e. The first kappa shape index (κ1) is 23.5. The molecule has 1 amide bonds. The molecule has 8 heteroatoms. The SMILES string of the molecule is COc1ccccc1CCNC(=NCC(=O)N(C)C)NCC1CCOC1.I. The summed E-state index contributed by atoms with van der Waals surface area (Å²) in [5, 5.41) is 6.64. The average molecular weight is 490 g/mol. The van der Waals surface area contributed by atoms with E-state index in [0.29, 0.717) is 18.4 Å². The molecule has 152 valence electrons. The molecule has 0 spiro atoms. The minimum absolute atomic E-state index is 0. The van der Waals surface area contributed by atoms with Crippen molar-refractivity contribution < 1.29 is 14.3 Å². The third-order valence-electron chi connectivity index (χ3n) is 4.33. The maximum Gasteiger partial charge on any atom is 0.243 e. The predicted octanol–water partition coefficient (Wildman–Crippen LogP) is 1.52. The summed E-state index contributed by atoms with van der Waals surface area (Å²) in [6, 6.07) is 7.97. The number of rotatable bonds is 8. The normalized spacial score (nSPS) is 16.4. The maximum absolute atomic E-state index is 11.8. The summed E-state index contributed by atoms with van der Waals surface area (Å²) in [6.45, 7) is 3.20. The molecule has 7 nitrogen and oxygen atoms in total. The molecule has 1 aromatic rings. The van der Waals surface area contributed by atoms with Gasteiger partial charge in [0, 0.05) is 39.7 Å². The second-order valence-electron chi connectivity index (χ2n) is 6.55. The van der Waals surface area contributed by atoms with Crippen LogP contribution in [-0.2, 0) is 16.0 Å². The fourth-order valence-corrected chi connectivity index (χ4v) is 2.67. The number of likely N-dealkylation sites (N-methyl/N-ethyl adjacent to an activating group) is 1. The lowest BCUT2D eigenvalue weighted by atomic mass is 10.1. The number of methoxy groups -OCH3 is 1. The lowest BCUT2D eigenvalue weighted by Crippen LogP contribution is -2.41. The summed E-state index contributed by atoms with van der Waals surface area (Å²) < 4.78 is 10.8. The van der Waals surface area contributed by atoms with Crippen LogP contribution in [0, 0.1) is 5.92 Å². The molecule has 0 bridgehead atoms. The molecule has 0 radical (unpaired) electrons. The number of ether oxygens (including phenoxy) is 2. The van der Waals surface area contributed by atoms with Crippen molar-refractivity contribution in [3.8, 4) is 5.75 Å². The molecule has 0 saturated carbocycles. The Morgan fingerprint density at radius 3 is 2.78 bits per heavy atom. The van der Waals surface area contributed by atoms with E-state index >= 15 is 0 Å². The van der Waals surface area contributed by atoms with E-state index in [0.717, 1.165) is 43.9 Å².